The van der Waals surface area contributed by atoms with Crippen LogP contribution in [0, 0.1) is 0 Å². The second-order valence-corrected chi connectivity index (χ2v) is 5.31. The van der Waals surface area contributed by atoms with Gasteiger partial charge in [0.25, 0.3) is 5.91 Å². The Hall–Kier alpha value is -2.54. The average molecular weight is 364 g/mol. The van der Waals surface area contributed by atoms with Crippen molar-refractivity contribution in [3.63, 3.8) is 0 Å². The summed E-state index contributed by atoms with van der Waals surface area (Å²) < 4.78 is 0.959. The molecule has 4 N–H and O–H groups in total. The van der Waals surface area contributed by atoms with E-state index >= 15 is 0 Å². The highest BCUT2D eigenvalue weighted by molar-refractivity contribution is 9.10. The van der Waals surface area contributed by atoms with Crippen molar-refractivity contribution in [2.45, 2.75) is 0 Å². The van der Waals surface area contributed by atoms with Crippen LogP contribution in [-0.4, -0.2) is 28.9 Å². The number of aromatic hydroxyl groups is 2. The third-order valence-corrected chi connectivity index (χ3v) is 3.23. The van der Waals surface area contributed by atoms with Gasteiger partial charge in [0.15, 0.2) is 0 Å². The first kappa shape index (κ1) is 15.8. The van der Waals surface area contributed by atoms with E-state index < -0.39 is 0 Å². The van der Waals surface area contributed by atoms with Crippen LogP contribution in [-0.2, 0) is 4.79 Å². The molecule has 0 fully saturated rings. The lowest BCUT2D eigenvalue weighted by atomic mass is 10.2. The summed E-state index contributed by atoms with van der Waals surface area (Å²) in [5, 5.41) is 25.4. The molecule has 0 saturated heterocycles. The van der Waals surface area contributed by atoms with Gasteiger partial charge in [0.2, 0.25) is 0 Å². The number of hydrazone groups is 1. The molecule has 2 rings (SSSR count). The molecule has 0 radical (unpaired) electrons. The Morgan fingerprint density at radius 2 is 1.91 bits per heavy atom. The van der Waals surface area contributed by atoms with Crippen LogP contribution in [0.1, 0.15) is 5.56 Å². The number of benzene rings is 2. The van der Waals surface area contributed by atoms with Crippen LogP contribution >= 0.6 is 15.9 Å². The van der Waals surface area contributed by atoms with E-state index in [1.165, 1.54) is 24.4 Å². The second-order valence-electron chi connectivity index (χ2n) is 4.40. The topological polar surface area (TPSA) is 94.0 Å². The van der Waals surface area contributed by atoms with Gasteiger partial charge in [0.1, 0.15) is 11.5 Å². The maximum absolute atomic E-state index is 11.6. The van der Waals surface area contributed by atoms with Crippen molar-refractivity contribution in [3.8, 4) is 11.5 Å². The maximum Gasteiger partial charge on any atom is 0.259 e. The third-order valence-electron chi connectivity index (χ3n) is 2.70. The highest BCUT2D eigenvalue weighted by atomic mass is 79.9. The molecule has 0 atom stereocenters. The number of nitrogens with zero attached hydrogens (tertiary/aromatic N) is 1. The lowest BCUT2D eigenvalue weighted by molar-refractivity contribution is -0.119. The minimum atomic E-state index is -0.322. The van der Waals surface area contributed by atoms with Crippen LogP contribution in [0.2, 0.25) is 0 Å². The van der Waals surface area contributed by atoms with E-state index in [9.17, 15) is 9.90 Å². The van der Waals surface area contributed by atoms with Crippen LogP contribution in [0.5, 0.6) is 11.5 Å². The minimum Gasteiger partial charge on any atom is -0.508 e. The van der Waals surface area contributed by atoms with Crippen molar-refractivity contribution in [3.05, 3.63) is 52.5 Å². The lowest BCUT2D eigenvalue weighted by Crippen LogP contribution is -2.25. The highest BCUT2D eigenvalue weighted by Gasteiger charge is 2.01. The monoisotopic (exact) mass is 363 g/mol. The summed E-state index contributed by atoms with van der Waals surface area (Å²) in [7, 11) is 0. The summed E-state index contributed by atoms with van der Waals surface area (Å²) in [6.07, 6.45) is 1.30. The molecule has 0 aliphatic rings. The van der Waals surface area contributed by atoms with Crippen LogP contribution in [0.15, 0.2) is 52.0 Å². The number of anilines is 1. The summed E-state index contributed by atoms with van der Waals surface area (Å²) in [5.74, 6) is -0.485. The number of halogens is 1. The highest BCUT2D eigenvalue weighted by Crippen LogP contribution is 2.20. The van der Waals surface area contributed by atoms with Gasteiger partial charge < -0.3 is 15.5 Å². The molecule has 0 aromatic heterocycles. The van der Waals surface area contributed by atoms with E-state index in [0.29, 0.717) is 5.56 Å². The largest absolute Gasteiger partial charge is 0.508 e. The van der Waals surface area contributed by atoms with Crippen molar-refractivity contribution in [2.24, 2.45) is 5.10 Å². The molecule has 0 aliphatic heterocycles. The van der Waals surface area contributed by atoms with Gasteiger partial charge in [-0.1, -0.05) is 15.9 Å². The zero-order valence-corrected chi connectivity index (χ0v) is 13.0. The number of hydrogen-bond donors (Lipinski definition) is 4. The standard InChI is InChI=1S/C15H14BrN3O3/c16-11-2-4-12(5-3-11)17-9-15(22)19-18-8-10-1-6-13(20)7-14(10)21/h1-8,17,20-21H,9H2,(H,19,22)/b18-8+. The van der Waals surface area contributed by atoms with E-state index in [1.807, 2.05) is 24.3 Å². The fourth-order valence-corrected chi connectivity index (χ4v) is 1.87. The zero-order chi connectivity index (χ0) is 15.9. The summed E-state index contributed by atoms with van der Waals surface area (Å²) in [6.45, 7) is 0.0700. The first-order chi connectivity index (χ1) is 10.5. The Bertz CT molecular complexity index is 687. The van der Waals surface area contributed by atoms with Gasteiger partial charge >= 0.3 is 0 Å². The van der Waals surface area contributed by atoms with Gasteiger partial charge in [-0.3, -0.25) is 4.79 Å². The van der Waals surface area contributed by atoms with Gasteiger partial charge in [-0.15, -0.1) is 0 Å². The molecule has 7 heteroatoms. The number of carbonyl (C=O) groups is 1. The van der Waals surface area contributed by atoms with Crippen molar-refractivity contribution < 1.29 is 15.0 Å². The Morgan fingerprint density at radius 3 is 2.59 bits per heavy atom. The van der Waals surface area contributed by atoms with Gasteiger partial charge in [-0.2, -0.15) is 5.10 Å². The van der Waals surface area contributed by atoms with E-state index in [2.05, 4.69) is 31.8 Å². The van der Waals surface area contributed by atoms with Crippen LogP contribution in [0.4, 0.5) is 5.69 Å². The predicted molar refractivity (Wildman–Crippen MR) is 88.1 cm³/mol. The van der Waals surface area contributed by atoms with E-state index in [-0.39, 0.29) is 24.0 Å². The number of rotatable bonds is 5. The molecular weight excluding hydrogens is 350 g/mol. The first-order valence-corrected chi connectivity index (χ1v) is 7.17. The molecule has 2 aromatic rings. The Morgan fingerprint density at radius 1 is 1.18 bits per heavy atom. The smallest absolute Gasteiger partial charge is 0.259 e. The molecule has 1 amide bonds. The lowest BCUT2D eigenvalue weighted by Gasteiger charge is -2.05. The van der Waals surface area contributed by atoms with Crippen molar-refractivity contribution in [1.82, 2.24) is 5.43 Å². The van der Waals surface area contributed by atoms with E-state index in [0.717, 1.165) is 10.2 Å². The molecule has 0 bridgehead atoms. The number of phenols is 2. The van der Waals surface area contributed by atoms with E-state index in [1.54, 1.807) is 0 Å². The first-order valence-electron chi connectivity index (χ1n) is 6.38. The summed E-state index contributed by atoms with van der Waals surface area (Å²) in [4.78, 5) is 11.6. The molecule has 0 heterocycles. The fraction of sp³-hybridized carbons (Fsp3) is 0.0667. The van der Waals surface area contributed by atoms with Gasteiger partial charge in [0, 0.05) is 21.8 Å². The summed E-state index contributed by atoms with van der Waals surface area (Å²) >= 11 is 3.33. The fourth-order valence-electron chi connectivity index (χ4n) is 1.60. The number of nitrogens with one attached hydrogen (secondary N) is 2. The average Bonchev–Trinajstić information content (AvgIpc) is 2.49. The maximum atomic E-state index is 11.6. The molecule has 6 nitrogen and oxygen atoms in total. The molecule has 0 saturated carbocycles. The quantitative estimate of drug-likeness (QED) is 0.484. The zero-order valence-electron chi connectivity index (χ0n) is 11.5. The van der Waals surface area contributed by atoms with Crippen LogP contribution in [0.3, 0.4) is 0 Å². The van der Waals surface area contributed by atoms with Crippen molar-refractivity contribution >= 4 is 33.7 Å². The minimum absolute atomic E-state index is 0.0441. The van der Waals surface area contributed by atoms with Crippen molar-refractivity contribution in [1.29, 1.82) is 0 Å². The number of phenolic OH excluding ortho intramolecular Hbond substituents is 2. The molecular formula is C15H14BrN3O3. The van der Waals surface area contributed by atoms with Gasteiger partial charge in [-0.05, 0) is 36.4 Å². The molecule has 22 heavy (non-hydrogen) atoms. The molecule has 114 valence electrons. The second kappa shape index (κ2) is 7.46. The third kappa shape index (κ3) is 4.78. The summed E-state index contributed by atoms with van der Waals surface area (Å²) in [6, 6.07) is 11.5. The Kier molecular flexibility index (Phi) is 5.37. The number of carbonyl (C=O) groups excluding carboxylic acids is 1. The van der Waals surface area contributed by atoms with Gasteiger partial charge in [-0.25, -0.2) is 5.43 Å². The van der Waals surface area contributed by atoms with Crippen molar-refractivity contribution in [2.75, 3.05) is 11.9 Å². The van der Waals surface area contributed by atoms with Gasteiger partial charge in [0.05, 0.1) is 12.8 Å². The SMILES string of the molecule is O=C(CNc1ccc(Br)cc1)N/N=C/c1ccc(O)cc1O. The number of amides is 1. The van der Waals surface area contributed by atoms with Crippen LogP contribution < -0.4 is 10.7 Å². The normalized spacial score (nSPS) is 10.6. The number of hydrogen-bond acceptors (Lipinski definition) is 5. The molecule has 2 aromatic carbocycles. The molecule has 0 spiro atoms. The van der Waals surface area contributed by atoms with Crippen LogP contribution in [0.25, 0.3) is 0 Å². The molecule has 0 aliphatic carbocycles. The summed E-state index contributed by atoms with van der Waals surface area (Å²) in [5.41, 5.74) is 3.55. The Balaban J connectivity index is 1.82. The molecule has 0 unspecified atom stereocenters. The predicted octanol–water partition coefficient (Wildman–Crippen LogP) is 2.42. The Labute approximate surface area is 135 Å². The van der Waals surface area contributed by atoms with E-state index in [4.69, 9.17) is 5.11 Å².